The highest BCUT2D eigenvalue weighted by atomic mass is 32.1. The first-order chi connectivity index (χ1) is 15.2. The van der Waals surface area contributed by atoms with Crippen LogP contribution in [-0.2, 0) is 19.5 Å². The quantitative estimate of drug-likeness (QED) is 0.388. The van der Waals surface area contributed by atoms with Gasteiger partial charge >= 0.3 is 0 Å². The normalized spacial score (nSPS) is 13.7. The lowest BCUT2D eigenvalue weighted by molar-refractivity contribution is 0.245. The first-order valence-corrected chi connectivity index (χ1v) is 11.9. The average molecular weight is 450 g/mol. The fraction of sp³-hybridized carbons (Fsp3) is 0.250. The maximum absolute atomic E-state index is 5.45. The van der Waals surface area contributed by atoms with Gasteiger partial charge in [-0.2, -0.15) is 0 Å². The molecule has 0 fully saturated rings. The van der Waals surface area contributed by atoms with E-state index >= 15 is 0 Å². The summed E-state index contributed by atoms with van der Waals surface area (Å²) in [7, 11) is 3.33. The zero-order valence-electron chi connectivity index (χ0n) is 17.5. The van der Waals surface area contributed by atoms with Crippen LogP contribution in [-0.4, -0.2) is 35.6 Å². The number of aromatic nitrogens is 2. The lowest BCUT2D eigenvalue weighted by atomic mass is 10.1. The maximum Gasteiger partial charge on any atom is 0.169 e. The Bertz CT molecular complexity index is 1190. The lowest BCUT2D eigenvalue weighted by Crippen LogP contribution is -2.30. The molecular weight excluding hydrogens is 426 g/mol. The summed E-state index contributed by atoms with van der Waals surface area (Å²) < 4.78 is 10.8. The Morgan fingerprint density at radius 1 is 1.03 bits per heavy atom. The van der Waals surface area contributed by atoms with Gasteiger partial charge in [0.1, 0.15) is 0 Å². The molecule has 1 aromatic carbocycles. The van der Waals surface area contributed by atoms with E-state index < -0.39 is 0 Å². The van der Waals surface area contributed by atoms with Crippen LogP contribution < -0.4 is 9.47 Å². The Kier molecular flexibility index (Phi) is 5.72. The summed E-state index contributed by atoms with van der Waals surface area (Å²) in [5.41, 5.74) is 3.57. The van der Waals surface area contributed by atoms with E-state index in [0.29, 0.717) is 0 Å². The van der Waals surface area contributed by atoms with Gasteiger partial charge in [-0.15, -0.1) is 22.7 Å². The molecule has 0 spiro atoms. The summed E-state index contributed by atoms with van der Waals surface area (Å²) in [6, 6.07) is 14.6. The van der Waals surface area contributed by atoms with Crippen molar-refractivity contribution in [3.63, 3.8) is 0 Å². The number of hydrogen-bond acceptors (Lipinski definition) is 7. The van der Waals surface area contributed by atoms with Gasteiger partial charge in [-0.3, -0.25) is 4.90 Å². The first-order valence-electron chi connectivity index (χ1n) is 10.2. The molecule has 1 aliphatic rings. The van der Waals surface area contributed by atoms with E-state index in [1.807, 2.05) is 35.7 Å². The van der Waals surface area contributed by atoms with Crippen LogP contribution in [0.5, 0.6) is 11.5 Å². The minimum absolute atomic E-state index is 0.750. The van der Waals surface area contributed by atoms with Crippen molar-refractivity contribution in [2.75, 3.05) is 20.8 Å². The highest BCUT2D eigenvalue weighted by molar-refractivity contribution is 7.15. The third kappa shape index (κ3) is 4.21. The van der Waals surface area contributed by atoms with E-state index in [9.17, 15) is 0 Å². The Morgan fingerprint density at radius 3 is 2.74 bits per heavy atom. The summed E-state index contributed by atoms with van der Waals surface area (Å²) in [6.45, 7) is 2.84. The van der Waals surface area contributed by atoms with Crippen LogP contribution in [0.15, 0.2) is 54.0 Å². The third-order valence-corrected chi connectivity index (χ3v) is 7.45. The molecule has 4 aromatic rings. The van der Waals surface area contributed by atoms with Crippen molar-refractivity contribution in [2.24, 2.45) is 0 Å². The number of hydrogen-bond donors (Lipinski definition) is 0. The van der Waals surface area contributed by atoms with Gasteiger partial charge in [-0.1, -0.05) is 6.07 Å². The number of benzene rings is 1. The summed E-state index contributed by atoms with van der Waals surface area (Å²) in [6.07, 6.45) is 2.97. The molecule has 3 aromatic heterocycles. The number of rotatable bonds is 6. The standard InChI is InChI=1S/C24H23N3O2S2/c1-28-20-7-5-16(12-21(20)29-2)22-8-6-18(31-22)15-27-10-9-19-17(14-27)13-25-24(26-19)23-4-3-11-30-23/h3-8,11-13H,9-10,14-15H2,1-2H3. The van der Waals surface area contributed by atoms with Crippen molar-refractivity contribution >= 4 is 22.7 Å². The van der Waals surface area contributed by atoms with Gasteiger partial charge < -0.3 is 9.47 Å². The molecule has 0 amide bonds. The second kappa shape index (κ2) is 8.78. The smallest absolute Gasteiger partial charge is 0.169 e. The van der Waals surface area contributed by atoms with Crippen LogP contribution in [0.4, 0.5) is 0 Å². The Morgan fingerprint density at radius 2 is 1.94 bits per heavy atom. The van der Waals surface area contributed by atoms with E-state index in [2.05, 4.69) is 39.5 Å². The Balaban J connectivity index is 1.28. The number of fused-ring (bicyclic) bond motifs is 1. The van der Waals surface area contributed by atoms with E-state index in [1.54, 1.807) is 25.6 Å². The molecule has 0 radical (unpaired) electrons. The molecule has 4 heterocycles. The summed E-state index contributed by atoms with van der Waals surface area (Å²) in [5.74, 6) is 2.35. The van der Waals surface area contributed by atoms with Gasteiger partial charge in [0, 0.05) is 47.6 Å². The summed E-state index contributed by atoms with van der Waals surface area (Å²) in [5, 5.41) is 2.07. The minimum atomic E-state index is 0.750. The number of methoxy groups -OCH3 is 2. The van der Waals surface area contributed by atoms with Gasteiger partial charge in [0.25, 0.3) is 0 Å². The lowest BCUT2D eigenvalue weighted by Gasteiger charge is -2.27. The number of nitrogens with zero attached hydrogens (tertiary/aromatic N) is 3. The van der Waals surface area contributed by atoms with Crippen molar-refractivity contribution in [1.82, 2.24) is 14.9 Å². The van der Waals surface area contributed by atoms with Crippen LogP contribution >= 0.6 is 22.7 Å². The van der Waals surface area contributed by atoms with Crippen molar-refractivity contribution in [3.8, 4) is 32.6 Å². The van der Waals surface area contributed by atoms with Gasteiger partial charge in [-0.25, -0.2) is 9.97 Å². The van der Waals surface area contributed by atoms with Gasteiger partial charge in [-0.05, 0) is 47.3 Å². The van der Waals surface area contributed by atoms with Gasteiger partial charge in [0.15, 0.2) is 17.3 Å². The second-order valence-corrected chi connectivity index (χ2v) is 9.56. The first kappa shape index (κ1) is 20.2. The molecule has 158 valence electrons. The monoisotopic (exact) mass is 449 g/mol. The summed E-state index contributed by atoms with van der Waals surface area (Å²) >= 11 is 3.51. The van der Waals surface area contributed by atoms with Crippen LogP contribution in [0.25, 0.3) is 21.1 Å². The van der Waals surface area contributed by atoms with E-state index in [-0.39, 0.29) is 0 Å². The number of ether oxygens (including phenoxy) is 2. The van der Waals surface area contributed by atoms with Gasteiger partial charge in [0.05, 0.1) is 24.8 Å². The molecule has 0 aliphatic carbocycles. The zero-order chi connectivity index (χ0) is 21.2. The zero-order valence-corrected chi connectivity index (χ0v) is 19.1. The molecule has 0 unspecified atom stereocenters. The van der Waals surface area contributed by atoms with Crippen LogP contribution in [0.1, 0.15) is 16.1 Å². The van der Waals surface area contributed by atoms with Crippen molar-refractivity contribution in [3.05, 3.63) is 70.2 Å². The van der Waals surface area contributed by atoms with Crippen molar-refractivity contribution in [1.29, 1.82) is 0 Å². The molecule has 0 N–H and O–H groups in total. The fourth-order valence-electron chi connectivity index (χ4n) is 3.86. The molecule has 0 atom stereocenters. The molecular formula is C24H23N3O2S2. The number of thiophene rings is 2. The molecule has 1 aliphatic heterocycles. The predicted molar refractivity (Wildman–Crippen MR) is 126 cm³/mol. The highest BCUT2D eigenvalue weighted by Crippen LogP contribution is 2.36. The molecule has 0 saturated heterocycles. The molecule has 7 heteroatoms. The minimum Gasteiger partial charge on any atom is -0.493 e. The Hall–Kier alpha value is -2.74. The largest absolute Gasteiger partial charge is 0.493 e. The third-order valence-electron chi connectivity index (χ3n) is 5.46. The van der Waals surface area contributed by atoms with Crippen molar-refractivity contribution in [2.45, 2.75) is 19.5 Å². The van der Waals surface area contributed by atoms with E-state index in [4.69, 9.17) is 14.5 Å². The molecule has 5 rings (SSSR count). The fourth-order valence-corrected chi connectivity index (χ4v) is 5.57. The second-order valence-electron chi connectivity index (χ2n) is 7.44. The topological polar surface area (TPSA) is 47.5 Å². The molecule has 5 nitrogen and oxygen atoms in total. The van der Waals surface area contributed by atoms with Crippen molar-refractivity contribution < 1.29 is 9.47 Å². The predicted octanol–water partition coefficient (Wildman–Crippen LogP) is 5.51. The molecule has 31 heavy (non-hydrogen) atoms. The van der Waals surface area contributed by atoms with E-state index in [0.717, 1.165) is 53.8 Å². The van der Waals surface area contributed by atoms with Crippen LogP contribution in [0.3, 0.4) is 0 Å². The highest BCUT2D eigenvalue weighted by Gasteiger charge is 2.20. The Labute approximate surface area is 189 Å². The van der Waals surface area contributed by atoms with Gasteiger partial charge in [0.2, 0.25) is 0 Å². The summed E-state index contributed by atoms with van der Waals surface area (Å²) in [4.78, 5) is 15.6. The van der Waals surface area contributed by atoms with Crippen LogP contribution in [0, 0.1) is 0 Å². The maximum atomic E-state index is 5.45. The molecule has 0 saturated carbocycles. The SMILES string of the molecule is COc1ccc(-c2ccc(CN3CCc4nc(-c5cccs5)ncc4C3)s2)cc1OC. The van der Waals surface area contributed by atoms with E-state index in [1.165, 1.54) is 21.0 Å². The van der Waals surface area contributed by atoms with Crippen LogP contribution in [0.2, 0.25) is 0 Å². The molecule has 0 bridgehead atoms. The average Bonchev–Trinajstić information content (AvgIpc) is 3.51.